The van der Waals surface area contributed by atoms with Gasteiger partial charge in [-0.25, -0.2) is 8.78 Å². The molecule has 0 bridgehead atoms. The van der Waals surface area contributed by atoms with Crippen molar-refractivity contribution in [3.63, 3.8) is 0 Å². The zero-order valence-electron chi connectivity index (χ0n) is 7.54. The largest absolute Gasteiger partial charge is 0.390 e. The van der Waals surface area contributed by atoms with E-state index in [0.717, 1.165) is 11.3 Å². The Hall–Kier alpha value is -0.660. The van der Waals surface area contributed by atoms with E-state index >= 15 is 0 Å². The second-order valence-corrected chi connectivity index (χ2v) is 4.29. The van der Waals surface area contributed by atoms with Gasteiger partial charge in [-0.3, -0.25) is 4.79 Å². The van der Waals surface area contributed by atoms with Crippen molar-refractivity contribution in [3.05, 3.63) is 16.3 Å². The van der Waals surface area contributed by atoms with Gasteiger partial charge in [0.1, 0.15) is 6.61 Å². The van der Waals surface area contributed by atoms with Gasteiger partial charge in [0.2, 0.25) is 0 Å². The second kappa shape index (κ2) is 4.91. The van der Waals surface area contributed by atoms with E-state index in [9.17, 15) is 13.6 Å². The first kappa shape index (κ1) is 12.4. The highest BCUT2D eigenvalue weighted by molar-refractivity contribution is 7.80. The summed E-state index contributed by atoms with van der Waals surface area (Å²) in [5, 5.41) is 11.9. The van der Waals surface area contributed by atoms with Crippen LogP contribution in [0.5, 0.6) is 0 Å². The molecule has 0 radical (unpaired) electrons. The van der Waals surface area contributed by atoms with E-state index < -0.39 is 25.0 Å². The Labute approximate surface area is 94.5 Å². The summed E-state index contributed by atoms with van der Waals surface area (Å²) in [6, 6.07) is 1.49. The smallest absolute Gasteiger partial charge is 0.287 e. The average molecular weight is 253 g/mol. The minimum Gasteiger partial charge on any atom is -0.390 e. The molecule has 0 saturated heterocycles. The van der Waals surface area contributed by atoms with Crippen LogP contribution in [0.25, 0.3) is 0 Å². The highest BCUT2D eigenvalue weighted by Gasteiger charge is 2.28. The van der Waals surface area contributed by atoms with Crippen LogP contribution in [0.15, 0.2) is 16.3 Å². The predicted octanol–water partition coefficient (Wildman–Crippen LogP) is 1.39. The lowest BCUT2D eigenvalue weighted by molar-refractivity contribution is -0.0461. The SMILES string of the molecule is O=C(NCC(F)(F)CO)c1cc(S)cs1. The van der Waals surface area contributed by atoms with E-state index in [1.54, 1.807) is 5.38 Å². The van der Waals surface area contributed by atoms with Crippen LogP contribution in [0.1, 0.15) is 9.67 Å². The maximum absolute atomic E-state index is 12.6. The molecule has 0 spiro atoms. The quantitative estimate of drug-likeness (QED) is 0.710. The number of thiophene rings is 1. The summed E-state index contributed by atoms with van der Waals surface area (Å²) >= 11 is 5.11. The van der Waals surface area contributed by atoms with E-state index in [1.165, 1.54) is 6.07 Å². The van der Waals surface area contributed by atoms with E-state index in [2.05, 4.69) is 12.6 Å². The summed E-state index contributed by atoms with van der Waals surface area (Å²) < 4.78 is 25.1. The van der Waals surface area contributed by atoms with Crippen LogP contribution in [-0.2, 0) is 0 Å². The maximum atomic E-state index is 12.6. The Kier molecular flexibility index (Phi) is 4.06. The number of aliphatic hydroxyl groups is 1. The lowest BCUT2D eigenvalue weighted by Gasteiger charge is -2.13. The van der Waals surface area contributed by atoms with Crippen LogP contribution in [0.2, 0.25) is 0 Å². The monoisotopic (exact) mass is 253 g/mol. The van der Waals surface area contributed by atoms with Gasteiger partial charge in [0.15, 0.2) is 0 Å². The van der Waals surface area contributed by atoms with Gasteiger partial charge in [-0.2, -0.15) is 0 Å². The number of hydrogen-bond donors (Lipinski definition) is 3. The number of carbonyl (C=O) groups excluding carboxylic acids is 1. The van der Waals surface area contributed by atoms with Crippen molar-refractivity contribution in [1.82, 2.24) is 5.32 Å². The van der Waals surface area contributed by atoms with Crippen molar-refractivity contribution in [3.8, 4) is 0 Å². The molecule has 1 rings (SSSR count). The molecule has 2 N–H and O–H groups in total. The minimum absolute atomic E-state index is 0.314. The number of halogens is 2. The molecule has 0 aliphatic rings. The third kappa shape index (κ3) is 3.77. The molecule has 7 heteroatoms. The molecule has 0 aliphatic heterocycles. The number of rotatable bonds is 4. The summed E-state index contributed by atoms with van der Waals surface area (Å²) in [6.45, 7) is -2.16. The number of hydrogen-bond acceptors (Lipinski definition) is 4. The van der Waals surface area contributed by atoms with Crippen molar-refractivity contribution in [1.29, 1.82) is 0 Å². The van der Waals surface area contributed by atoms with Gasteiger partial charge in [0, 0.05) is 10.3 Å². The summed E-state index contributed by atoms with van der Waals surface area (Å²) in [5.74, 6) is -3.87. The molecule has 0 atom stereocenters. The highest BCUT2D eigenvalue weighted by Crippen LogP contribution is 2.18. The topological polar surface area (TPSA) is 49.3 Å². The molecule has 84 valence electrons. The van der Waals surface area contributed by atoms with Gasteiger partial charge in [0.25, 0.3) is 11.8 Å². The molecule has 0 fully saturated rings. The van der Waals surface area contributed by atoms with Crippen LogP contribution in [0.3, 0.4) is 0 Å². The van der Waals surface area contributed by atoms with Crippen molar-refractivity contribution >= 4 is 29.9 Å². The maximum Gasteiger partial charge on any atom is 0.287 e. The number of carbonyl (C=O) groups is 1. The zero-order valence-corrected chi connectivity index (χ0v) is 9.25. The fourth-order valence-corrected chi connectivity index (χ4v) is 1.86. The predicted molar refractivity (Wildman–Crippen MR) is 55.9 cm³/mol. The molecular weight excluding hydrogens is 244 g/mol. The minimum atomic E-state index is -3.28. The summed E-state index contributed by atoms with van der Waals surface area (Å²) in [6.07, 6.45) is 0. The van der Waals surface area contributed by atoms with Gasteiger partial charge in [-0.1, -0.05) is 0 Å². The summed E-state index contributed by atoms with van der Waals surface area (Å²) in [5.41, 5.74) is 0. The van der Waals surface area contributed by atoms with Crippen LogP contribution >= 0.6 is 24.0 Å². The number of amides is 1. The van der Waals surface area contributed by atoms with Crippen LogP contribution in [0.4, 0.5) is 8.78 Å². The van der Waals surface area contributed by atoms with Gasteiger partial charge >= 0.3 is 0 Å². The Balaban J connectivity index is 2.50. The van der Waals surface area contributed by atoms with Crippen LogP contribution in [0, 0.1) is 0 Å². The number of alkyl halides is 2. The first-order valence-corrected chi connectivity index (χ1v) is 5.32. The third-order valence-electron chi connectivity index (χ3n) is 1.55. The fourth-order valence-electron chi connectivity index (χ4n) is 0.798. The van der Waals surface area contributed by atoms with Crippen LogP contribution < -0.4 is 5.32 Å². The number of thiol groups is 1. The van der Waals surface area contributed by atoms with Gasteiger partial charge in [-0.05, 0) is 6.07 Å². The fraction of sp³-hybridized carbons (Fsp3) is 0.375. The molecule has 0 unspecified atom stereocenters. The first-order chi connectivity index (χ1) is 6.94. The van der Waals surface area contributed by atoms with Gasteiger partial charge in [0.05, 0.1) is 11.4 Å². The molecule has 1 aromatic rings. The highest BCUT2D eigenvalue weighted by atomic mass is 32.1. The molecule has 0 aromatic carbocycles. The van der Waals surface area contributed by atoms with Crippen molar-refractivity contribution in [2.45, 2.75) is 10.8 Å². The third-order valence-corrected chi connectivity index (χ3v) is 2.91. The molecule has 3 nitrogen and oxygen atoms in total. The standard InChI is InChI=1S/C8H9F2NO2S2/c9-8(10,4-12)3-11-7(13)6-1-5(14)2-15-6/h1-2,12,14H,3-4H2,(H,11,13). The first-order valence-electron chi connectivity index (χ1n) is 3.99. The number of nitrogens with one attached hydrogen (secondary N) is 1. The number of aliphatic hydroxyl groups excluding tert-OH is 1. The van der Waals surface area contributed by atoms with Gasteiger partial charge < -0.3 is 10.4 Å². The Bertz CT molecular complexity index is 354. The summed E-state index contributed by atoms with van der Waals surface area (Å²) in [7, 11) is 0. The molecule has 0 saturated carbocycles. The van der Waals surface area contributed by atoms with Crippen molar-refractivity contribution in [2.75, 3.05) is 13.2 Å². The molecule has 1 amide bonds. The Morgan fingerprint density at radius 1 is 1.67 bits per heavy atom. The van der Waals surface area contributed by atoms with E-state index in [-0.39, 0.29) is 0 Å². The van der Waals surface area contributed by atoms with Crippen LogP contribution in [-0.4, -0.2) is 30.1 Å². The molecular formula is C8H9F2NO2S2. The van der Waals surface area contributed by atoms with Crippen molar-refractivity contribution < 1.29 is 18.7 Å². The van der Waals surface area contributed by atoms with Gasteiger partial charge in [-0.15, -0.1) is 24.0 Å². The Morgan fingerprint density at radius 2 is 2.33 bits per heavy atom. The van der Waals surface area contributed by atoms with E-state index in [4.69, 9.17) is 5.11 Å². The second-order valence-electron chi connectivity index (χ2n) is 2.87. The zero-order chi connectivity index (χ0) is 11.5. The normalized spacial score (nSPS) is 11.5. The molecule has 1 aromatic heterocycles. The molecule has 0 aliphatic carbocycles. The van der Waals surface area contributed by atoms with E-state index in [0.29, 0.717) is 9.77 Å². The molecule has 1 heterocycles. The Morgan fingerprint density at radius 3 is 2.80 bits per heavy atom. The van der Waals surface area contributed by atoms with Crippen molar-refractivity contribution in [2.24, 2.45) is 0 Å². The molecule has 15 heavy (non-hydrogen) atoms. The lowest BCUT2D eigenvalue weighted by Crippen LogP contribution is -2.38. The average Bonchev–Trinajstić information content (AvgIpc) is 2.61. The summed E-state index contributed by atoms with van der Waals surface area (Å²) in [4.78, 5) is 12.2. The van der Waals surface area contributed by atoms with E-state index in [1.807, 2.05) is 5.32 Å². The lowest BCUT2D eigenvalue weighted by atomic mass is 10.3.